The minimum Gasteiger partial charge on any atom is -0.288 e. The summed E-state index contributed by atoms with van der Waals surface area (Å²) in [6, 6.07) is 9.85. The lowest BCUT2D eigenvalue weighted by atomic mass is 10.1. The Balaban J connectivity index is 2.10. The molecule has 2 aromatic rings. The van der Waals surface area contributed by atoms with Crippen LogP contribution < -0.4 is 0 Å². The fourth-order valence-electron chi connectivity index (χ4n) is 2.10. The summed E-state index contributed by atoms with van der Waals surface area (Å²) in [5.41, 5.74) is 0.642. The second kappa shape index (κ2) is 5.76. The SMILES string of the molecule is O=C1/C(=C/c2c(Cl)ccc([N+](=O)[O-])c2Cl)Sc2ccccc21. The molecule has 0 aliphatic carbocycles. The van der Waals surface area contributed by atoms with E-state index in [9.17, 15) is 14.9 Å². The summed E-state index contributed by atoms with van der Waals surface area (Å²) in [6.07, 6.45) is 1.50. The maximum absolute atomic E-state index is 12.3. The van der Waals surface area contributed by atoms with Crippen LogP contribution in [0.5, 0.6) is 0 Å². The minimum atomic E-state index is -0.584. The molecular formula is C15H7Cl2NO3S. The molecule has 0 saturated carbocycles. The molecule has 2 aromatic carbocycles. The molecule has 0 atom stereocenters. The summed E-state index contributed by atoms with van der Waals surface area (Å²) in [4.78, 5) is 24.0. The molecular weight excluding hydrogens is 345 g/mol. The Hall–Kier alpha value is -1.82. The maximum atomic E-state index is 12.3. The quantitative estimate of drug-likeness (QED) is 0.422. The number of rotatable bonds is 2. The number of carbonyl (C=O) groups is 1. The number of allylic oxidation sites excluding steroid dienone is 1. The topological polar surface area (TPSA) is 60.2 Å². The highest BCUT2D eigenvalue weighted by atomic mass is 35.5. The molecule has 1 aliphatic heterocycles. The lowest BCUT2D eigenvalue weighted by molar-refractivity contribution is -0.384. The van der Waals surface area contributed by atoms with Crippen molar-refractivity contribution in [3.8, 4) is 0 Å². The van der Waals surface area contributed by atoms with Gasteiger partial charge in [0.2, 0.25) is 5.78 Å². The fourth-order valence-corrected chi connectivity index (χ4v) is 3.68. The first-order chi connectivity index (χ1) is 10.5. The average Bonchev–Trinajstić information content (AvgIpc) is 2.80. The monoisotopic (exact) mass is 351 g/mol. The lowest BCUT2D eigenvalue weighted by Gasteiger charge is -2.04. The van der Waals surface area contributed by atoms with Gasteiger partial charge >= 0.3 is 0 Å². The number of hydrogen-bond donors (Lipinski definition) is 0. The summed E-state index contributed by atoms with van der Waals surface area (Å²) in [6.45, 7) is 0. The number of thioether (sulfide) groups is 1. The van der Waals surface area contributed by atoms with Crippen LogP contribution >= 0.6 is 35.0 Å². The number of nitrogens with zero attached hydrogens (tertiary/aromatic N) is 1. The van der Waals surface area contributed by atoms with Crippen molar-refractivity contribution in [2.24, 2.45) is 0 Å². The Morgan fingerprint density at radius 3 is 2.55 bits per heavy atom. The third-order valence-corrected chi connectivity index (χ3v) is 4.98. The minimum absolute atomic E-state index is 0.0747. The molecule has 0 fully saturated rings. The first kappa shape index (κ1) is 15.1. The average molecular weight is 352 g/mol. The number of ketones is 1. The number of carbonyl (C=O) groups excluding carboxylic acids is 1. The zero-order chi connectivity index (χ0) is 15.9. The third-order valence-electron chi connectivity index (χ3n) is 3.15. The van der Waals surface area contributed by atoms with Crippen molar-refractivity contribution in [1.29, 1.82) is 0 Å². The van der Waals surface area contributed by atoms with Gasteiger partial charge < -0.3 is 0 Å². The highest BCUT2D eigenvalue weighted by Gasteiger charge is 2.26. The molecule has 0 saturated heterocycles. The summed E-state index contributed by atoms with van der Waals surface area (Å²) in [5.74, 6) is -0.140. The van der Waals surface area contributed by atoms with Gasteiger partial charge in [0.15, 0.2) is 0 Å². The largest absolute Gasteiger partial charge is 0.288 e. The number of Topliss-reactive ketones (excluding diaryl/α,β-unsaturated/α-hetero) is 1. The number of nitro groups is 1. The highest BCUT2D eigenvalue weighted by Crippen LogP contribution is 2.43. The molecule has 7 heteroatoms. The van der Waals surface area contributed by atoms with Gasteiger partial charge in [0.25, 0.3) is 5.69 Å². The smallest absolute Gasteiger partial charge is 0.288 e. The maximum Gasteiger partial charge on any atom is 0.288 e. The Bertz CT molecular complexity index is 849. The van der Waals surface area contributed by atoms with Crippen LogP contribution in [0.25, 0.3) is 6.08 Å². The van der Waals surface area contributed by atoms with E-state index >= 15 is 0 Å². The fraction of sp³-hybridized carbons (Fsp3) is 0. The molecule has 0 amide bonds. The van der Waals surface area contributed by atoms with Crippen LogP contribution in [0.15, 0.2) is 46.2 Å². The van der Waals surface area contributed by atoms with Crippen molar-refractivity contribution in [3.05, 3.63) is 72.6 Å². The van der Waals surface area contributed by atoms with Gasteiger partial charge in [0, 0.05) is 27.1 Å². The number of benzene rings is 2. The normalized spacial score (nSPS) is 15.2. The van der Waals surface area contributed by atoms with Gasteiger partial charge in [-0.25, -0.2) is 0 Å². The second-order valence-corrected chi connectivity index (χ2v) is 6.36. The second-order valence-electron chi connectivity index (χ2n) is 4.49. The van der Waals surface area contributed by atoms with E-state index in [-0.39, 0.29) is 27.1 Å². The third kappa shape index (κ3) is 2.52. The van der Waals surface area contributed by atoms with Crippen molar-refractivity contribution >= 4 is 52.5 Å². The standard InChI is InChI=1S/C15H7Cl2NO3S/c16-10-5-6-11(18(20)21)14(17)9(10)7-13-15(19)8-3-1-2-4-12(8)22-13/h1-7H/b13-7-. The van der Waals surface area contributed by atoms with Gasteiger partial charge in [-0.1, -0.05) is 47.1 Å². The van der Waals surface area contributed by atoms with E-state index < -0.39 is 4.92 Å². The Kier molecular flexibility index (Phi) is 3.95. The predicted molar refractivity (Wildman–Crippen MR) is 87.7 cm³/mol. The van der Waals surface area contributed by atoms with Gasteiger partial charge in [0.1, 0.15) is 5.02 Å². The van der Waals surface area contributed by atoms with E-state index in [0.717, 1.165) is 4.90 Å². The molecule has 3 rings (SSSR count). The van der Waals surface area contributed by atoms with E-state index in [1.54, 1.807) is 12.1 Å². The molecule has 0 unspecified atom stereocenters. The Morgan fingerprint density at radius 2 is 1.86 bits per heavy atom. The van der Waals surface area contributed by atoms with E-state index in [1.165, 1.54) is 30.0 Å². The first-order valence-corrected chi connectivity index (χ1v) is 7.72. The number of fused-ring (bicyclic) bond motifs is 1. The molecule has 0 N–H and O–H groups in total. The van der Waals surface area contributed by atoms with E-state index in [4.69, 9.17) is 23.2 Å². The van der Waals surface area contributed by atoms with Crippen molar-refractivity contribution in [3.63, 3.8) is 0 Å². The Labute approximate surface area is 139 Å². The van der Waals surface area contributed by atoms with Gasteiger partial charge in [-0.3, -0.25) is 14.9 Å². The summed E-state index contributed by atoms with van der Waals surface area (Å²) in [7, 11) is 0. The molecule has 4 nitrogen and oxygen atoms in total. The van der Waals surface area contributed by atoms with Crippen molar-refractivity contribution in [2.75, 3.05) is 0 Å². The van der Waals surface area contributed by atoms with Crippen LogP contribution in [0.2, 0.25) is 10.0 Å². The molecule has 0 aromatic heterocycles. The van der Waals surface area contributed by atoms with Crippen LogP contribution in [-0.4, -0.2) is 10.7 Å². The number of nitro benzene ring substituents is 1. The van der Waals surface area contributed by atoms with Crippen LogP contribution in [-0.2, 0) is 0 Å². The van der Waals surface area contributed by atoms with Crippen molar-refractivity contribution in [1.82, 2.24) is 0 Å². The van der Waals surface area contributed by atoms with Crippen LogP contribution in [0.4, 0.5) is 5.69 Å². The van der Waals surface area contributed by atoms with E-state index in [0.29, 0.717) is 10.5 Å². The molecule has 0 radical (unpaired) electrons. The zero-order valence-corrected chi connectivity index (χ0v) is 13.2. The van der Waals surface area contributed by atoms with Crippen molar-refractivity contribution in [2.45, 2.75) is 4.90 Å². The van der Waals surface area contributed by atoms with E-state index in [2.05, 4.69) is 0 Å². The molecule has 0 spiro atoms. The summed E-state index contributed by atoms with van der Waals surface area (Å²) >= 11 is 13.4. The van der Waals surface area contributed by atoms with Gasteiger partial charge in [-0.2, -0.15) is 0 Å². The van der Waals surface area contributed by atoms with E-state index in [1.807, 2.05) is 12.1 Å². The van der Waals surface area contributed by atoms with Crippen molar-refractivity contribution < 1.29 is 9.72 Å². The predicted octanol–water partition coefficient (Wildman–Crippen LogP) is 5.23. The number of halogens is 2. The van der Waals surface area contributed by atoms with Gasteiger partial charge in [-0.05, 0) is 24.3 Å². The van der Waals surface area contributed by atoms with Crippen LogP contribution in [0.1, 0.15) is 15.9 Å². The highest BCUT2D eigenvalue weighted by molar-refractivity contribution is 8.04. The van der Waals surface area contributed by atoms with Gasteiger partial charge in [-0.15, -0.1) is 0 Å². The van der Waals surface area contributed by atoms with Gasteiger partial charge in [0.05, 0.1) is 9.83 Å². The summed E-state index contributed by atoms with van der Waals surface area (Å²) < 4.78 is 0. The lowest BCUT2D eigenvalue weighted by Crippen LogP contribution is -1.95. The summed E-state index contributed by atoms with van der Waals surface area (Å²) in [5, 5.41) is 11.1. The van der Waals surface area contributed by atoms with Crippen LogP contribution in [0, 0.1) is 10.1 Å². The molecule has 22 heavy (non-hydrogen) atoms. The molecule has 1 aliphatic rings. The zero-order valence-electron chi connectivity index (χ0n) is 10.9. The molecule has 110 valence electrons. The molecule has 0 bridgehead atoms. The number of hydrogen-bond acceptors (Lipinski definition) is 4. The first-order valence-electron chi connectivity index (χ1n) is 6.14. The molecule has 1 heterocycles. The Morgan fingerprint density at radius 1 is 1.14 bits per heavy atom. The van der Waals surface area contributed by atoms with Crippen LogP contribution in [0.3, 0.4) is 0 Å².